The Labute approximate surface area is 68.5 Å². The molecule has 0 saturated heterocycles. The summed E-state index contributed by atoms with van der Waals surface area (Å²) in [5.41, 5.74) is -0.146. The summed E-state index contributed by atoms with van der Waals surface area (Å²) in [6, 6.07) is 1.90. The molecule has 58 valence electrons. The third kappa shape index (κ3) is 0.847. The van der Waals surface area contributed by atoms with E-state index in [1.54, 1.807) is 6.92 Å². The molecule has 2 rings (SSSR count). The van der Waals surface area contributed by atoms with Crippen LogP contribution in [0.4, 0.5) is 0 Å². The number of fused-ring (bicyclic) bond motifs is 1. The van der Waals surface area contributed by atoms with Gasteiger partial charge < -0.3 is 5.11 Å². The van der Waals surface area contributed by atoms with Crippen LogP contribution in [-0.2, 0) is 6.42 Å². The fourth-order valence-electron chi connectivity index (χ4n) is 1.37. The molecule has 0 radical (unpaired) electrons. The topological polar surface area (TPSA) is 37.3 Å². The van der Waals surface area contributed by atoms with Crippen molar-refractivity contribution in [1.29, 1.82) is 0 Å². The van der Waals surface area contributed by atoms with Crippen LogP contribution in [0.1, 0.15) is 22.2 Å². The van der Waals surface area contributed by atoms with E-state index < -0.39 is 5.60 Å². The number of rotatable bonds is 0. The molecule has 1 N–H and O–H groups in total. The summed E-state index contributed by atoms with van der Waals surface area (Å²) in [7, 11) is 0. The standard InChI is InChI=1S/C8H8O2S/c1-8(10)4-5-2-3-11-6(5)7(8)9/h2-3,10H,4H2,1H3. The van der Waals surface area contributed by atoms with Gasteiger partial charge in [0.15, 0.2) is 0 Å². The lowest BCUT2D eigenvalue weighted by Gasteiger charge is -2.11. The molecule has 1 atom stereocenters. The predicted octanol–water partition coefficient (Wildman–Crippen LogP) is 1.24. The van der Waals surface area contributed by atoms with Gasteiger partial charge in [-0.05, 0) is 23.9 Å². The molecule has 1 unspecified atom stereocenters. The average molecular weight is 168 g/mol. The van der Waals surface area contributed by atoms with Crippen molar-refractivity contribution in [2.75, 3.05) is 0 Å². The fraction of sp³-hybridized carbons (Fsp3) is 0.375. The zero-order valence-corrected chi connectivity index (χ0v) is 6.94. The highest BCUT2D eigenvalue weighted by molar-refractivity contribution is 7.12. The van der Waals surface area contributed by atoms with Crippen molar-refractivity contribution in [3.05, 3.63) is 21.9 Å². The van der Waals surface area contributed by atoms with Gasteiger partial charge in [0.25, 0.3) is 0 Å². The lowest BCUT2D eigenvalue weighted by atomic mass is 10.0. The zero-order valence-electron chi connectivity index (χ0n) is 6.13. The van der Waals surface area contributed by atoms with E-state index >= 15 is 0 Å². The SMILES string of the molecule is CC1(O)Cc2ccsc2C1=O. The lowest BCUT2D eigenvalue weighted by molar-refractivity contribution is 0.0463. The molecular weight excluding hydrogens is 160 g/mol. The molecule has 0 saturated carbocycles. The minimum Gasteiger partial charge on any atom is -0.382 e. The molecule has 2 nitrogen and oxygen atoms in total. The largest absolute Gasteiger partial charge is 0.382 e. The molecule has 1 heterocycles. The van der Waals surface area contributed by atoms with Crippen LogP contribution in [0, 0.1) is 0 Å². The Bertz CT molecular complexity index is 312. The van der Waals surface area contributed by atoms with Gasteiger partial charge in [-0.25, -0.2) is 0 Å². The molecule has 1 aromatic rings. The molecule has 0 spiro atoms. The Morgan fingerprint density at radius 3 is 3.09 bits per heavy atom. The summed E-state index contributed by atoms with van der Waals surface area (Å²) in [5.74, 6) is -0.123. The maximum Gasteiger partial charge on any atom is 0.204 e. The van der Waals surface area contributed by atoms with Crippen molar-refractivity contribution in [2.45, 2.75) is 18.9 Å². The molecule has 0 aliphatic heterocycles. The second kappa shape index (κ2) is 1.93. The van der Waals surface area contributed by atoms with Crippen LogP contribution >= 0.6 is 11.3 Å². The van der Waals surface area contributed by atoms with E-state index in [0.29, 0.717) is 6.42 Å². The van der Waals surface area contributed by atoms with E-state index in [-0.39, 0.29) is 5.78 Å². The smallest absolute Gasteiger partial charge is 0.204 e. The first-order valence-corrected chi connectivity index (χ1v) is 4.33. The maximum absolute atomic E-state index is 11.3. The van der Waals surface area contributed by atoms with Crippen LogP contribution in [0.2, 0.25) is 0 Å². The van der Waals surface area contributed by atoms with Crippen molar-refractivity contribution >= 4 is 17.1 Å². The van der Waals surface area contributed by atoms with E-state index in [2.05, 4.69) is 0 Å². The summed E-state index contributed by atoms with van der Waals surface area (Å²) in [5, 5.41) is 11.4. The summed E-state index contributed by atoms with van der Waals surface area (Å²) >= 11 is 1.41. The van der Waals surface area contributed by atoms with Crippen LogP contribution in [0.25, 0.3) is 0 Å². The first-order chi connectivity index (χ1) is 5.11. The summed E-state index contributed by atoms with van der Waals surface area (Å²) in [6.07, 6.45) is 0.477. The molecule has 0 bridgehead atoms. The van der Waals surface area contributed by atoms with Gasteiger partial charge in [0.2, 0.25) is 5.78 Å². The van der Waals surface area contributed by atoms with Crippen molar-refractivity contribution in [2.24, 2.45) is 0 Å². The van der Waals surface area contributed by atoms with Crippen LogP contribution in [0.5, 0.6) is 0 Å². The molecule has 1 aliphatic rings. The van der Waals surface area contributed by atoms with Gasteiger partial charge in [0.1, 0.15) is 5.60 Å². The van der Waals surface area contributed by atoms with E-state index in [4.69, 9.17) is 0 Å². The molecule has 0 fully saturated rings. The number of ketones is 1. The van der Waals surface area contributed by atoms with Gasteiger partial charge in [-0.2, -0.15) is 0 Å². The average Bonchev–Trinajstić information content (AvgIpc) is 2.39. The number of carbonyl (C=O) groups is 1. The Kier molecular flexibility index (Phi) is 1.23. The van der Waals surface area contributed by atoms with Crippen molar-refractivity contribution in [3.63, 3.8) is 0 Å². The first kappa shape index (κ1) is 7.00. The van der Waals surface area contributed by atoms with Gasteiger partial charge in [0.05, 0.1) is 4.88 Å². The Morgan fingerprint density at radius 1 is 1.73 bits per heavy atom. The second-order valence-electron chi connectivity index (χ2n) is 3.05. The molecule has 0 aromatic carbocycles. The predicted molar refractivity (Wildman–Crippen MR) is 43.0 cm³/mol. The number of hydrogen-bond acceptors (Lipinski definition) is 3. The Hall–Kier alpha value is -0.670. The maximum atomic E-state index is 11.3. The van der Waals surface area contributed by atoms with E-state index in [9.17, 15) is 9.90 Å². The lowest BCUT2D eigenvalue weighted by Crippen LogP contribution is -2.31. The molecule has 0 amide bonds. The van der Waals surface area contributed by atoms with Crippen LogP contribution in [0.15, 0.2) is 11.4 Å². The Balaban J connectivity index is 2.54. The number of Topliss-reactive ketones (excluding diaryl/α,β-unsaturated/α-hetero) is 1. The highest BCUT2D eigenvalue weighted by atomic mass is 32.1. The van der Waals surface area contributed by atoms with E-state index in [1.807, 2.05) is 11.4 Å². The van der Waals surface area contributed by atoms with Crippen molar-refractivity contribution < 1.29 is 9.90 Å². The van der Waals surface area contributed by atoms with E-state index in [1.165, 1.54) is 11.3 Å². The van der Waals surface area contributed by atoms with E-state index in [0.717, 1.165) is 10.4 Å². The molecule has 3 heteroatoms. The summed E-state index contributed by atoms with van der Waals surface area (Å²) in [6.45, 7) is 1.57. The Morgan fingerprint density at radius 2 is 2.45 bits per heavy atom. The van der Waals surface area contributed by atoms with Gasteiger partial charge >= 0.3 is 0 Å². The molecular formula is C8H8O2S. The molecule has 1 aliphatic carbocycles. The summed E-state index contributed by atoms with van der Waals surface area (Å²) in [4.78, 5) is 12.1. The number of thiophene rings is 1. The van der Waals surface area contributed by atoms with Crippen LogP contribution in [0.3, 0.4) is 0 Å². The normalized spacial score (nSPS) is 29.1. The van der Waals surface area contributed by atoms with Crippen molar-refractivity contribution in [1.82, 2.24) is 0 Å². The van der Waals surface area contributed by atoms with Gasteiger partial charge in [-0.3, -0.25) is 4.79 Å². The monoisotopic (exact) mass is 168 g/mol. The number of carbonyl (C=O) groups excluding carboxylic acids is 1. The minimum absolute atomic E-state index is 0.123. The fourth-order valence-corrected chi connectivity index (χ4v) is 2.36. The van der Waals surface area contributed by atoms with Crippen LogP contribution in [-0.4, -0.2) is 16.5 Å². The highest BCUT2D eigenvalue weighted by Crippen LogP contribution is 2.33. The quantitative estimate of drug-likeness (QED) is 0.632. The van der Waals surface area contributed by atoms with Crippen molar-refractivity contribution in [3.8, 4) is 0 Å². The second-order valence-corrected chi connectivity index (χ2v) is 3.97. The van der Waals surface area contributed by atoms with Gasteiger partial charge in [0, 0.05) is 6.42 Å². The van der Waals surface area contributed by atoms with Gasteiger partial charge in [-0.15, -0.1) is 11.3 Å². The first-order valence-electron chi connectivity index (χ1n) is 3.45. The zero-order chi connectivity index (χ0) is 8.06. The number of hydrogen-bond donors (Lipinski definition) is 1. The minimum atomic E-state index is -1.14. The third-order valence-electron chi connectivity index (χ3n) is 1.98. The molecule has 1 aromatic heterocycles. The van der Waals surface area contributed by atoms with Gasteiger partial charge in [-0.1, -0.05) is 0 Å². The van der Waals surface area contributed by atoms with Crippen LogP contribution < -0.4 is 0 Å². The third-order valence-corrected chi connectivity index (χ3v) is 2.93. The highest BCUT2D eigenvalue weighted by Gasteiger charge is 2.40. The molecule has 11 heavy (non-hydrogen) atoms. The number of aliphatic hydroxyl groups is 1. The summed E-state index contributed by atoms with van der Waals surface area (Å²) < 4.78 is 0.